The number of benzene rings is 1. The highest BCUT2D eigenvalue weighted by molar-refractivity contribution is 7.78. The first-order chi connectivity index (χ1) is 7.09. The molecule has 1 aliphatic carbocycles. The second-order valence-corrected chi connectivity index (χ2v) is 4.26. The summed E-state index contributed by atoms with van der Waals surface area (Å²) in [5.74, 6) is -0.570. The van der Waals surface area contributed by atoms with Gasteiger partial charge in [0, 0.05) is 11.1 Å². The molecule has 15 heavy (non-hydrogen) atoms. The first-order valence-corrected chi connectivity index (χ1v) is 5.63. The first-order valence-electron chi connectivity index (χ1n) is 4.35. The number of hydrogen-bond donors (Lipinski definition) is 1. The molecule has 0 saturated carbocycles. The third-order valence-corrected chi connectivity index (χ3v) is 2.89. The molecule has 78 valence electrons. The molecule has 0 bridgehead atoms. The Balaban J connectivity index is 2.55. The predicted molar refractivity (Wildman–Crippen MR) is 54.2 cm³/mol. The van der Waals surface area contributed by atoms with Crippen LogP contribution in [0.25, 0.3) is 0 Å². The number of carbonyl (C=O) groups excluding carboxylic acids is 2. The van der Waals surface area contributed by atoms with E-state index in [4.69, 9.17) is 4.55 Å². The second-order valence-electron chi connectivity index (χ2n) is 3.33. The van der Waals surface area contributed by atoms with E-state index in [1.165, 1.54) is 0 Å². The van der Waals surface area contributed by atoms with Gasteiger partial charge in [0.15, 0.2) is 22.6 Å². The summed E-state index contributed by atoms with van der Waals surface area (Å²) in [4.78, 5) is 22.8. The zero-order chi connectivity index (χ0) is 11.0. The number of ketones is 2. The van der Waals surface area contributed by atoms with E-state index in [9.17, 15) is 13.8 Å². The second kappa shape index (κ2) is 3.67. The van der Waals surface area contributed by atoms with Crippen molar-refractivity contribution in [3.8, 4) is 0 Å². The molecule has 1 unspecified atom stereocenters. The summed E-state index contributed by atoms with van der Waals surface area (Å²) < 4.78 is 19.4. The normalized spacial score (nSPS) is 16.6. The van der Waals surface area contributed by atoms with E-state index in [2.05, 4.69) is 0 Å². The Morgan fingerprint density at radius 1 is 1.27 bits per heavy atom. The third kappa shape index (κ3) is 1.75. The molecule has 0 heterocycles. The van der Waals surface area contributed by atoms with Crippen LogP contribution >= 0.6 is 0 Å². The van der Waals surface area contributed by atoms with Crippen LogP contribution in [-0.4, -0.2) is 20.3 Å². The fraction of sp³-hybridized carbons (Fsp3) is 0.200. The molecule has 1 atom stereocenters. The van der Waals surface area contributed by atoms with Crippen LogP contribution in [0.2, 0.25) is 0 Å². The van der Waals surface area contributed by atoms with E-state index in [0.29, 0.717) is 16.7 Å². The van der Waals surface area contributed by atoms with Crippen molar-refractivity contribution < 1.29 is 18.4 Å². The summed E-state index contributed by atoms with van der Waals surface area (Å²) in [6, 6.07) is 4.80. The summed E-state index contributed by atoms with van der Waals surface area (Å²) in [5, 5.41) is 0. The Kier molecular flexibility index (Phi) is 2.50. The highest BCUT2D eigenvalue weighted by Gasteiger charge is 2.29. The van der Waals surface area contributed by atoms with Crippen molar-refractivity contribution in [2.45, 2.75) is 12.2 Å². The molecule has 2 rings (SSSR count). The largest absolute Gasteiger partial charge is 0.306 e. The predicted octanol–water partition coefficient (Wildman–Crippen LogP) is 1.18. The Bertz CT molecular complexity index is 478. The van der Waals surface area contributed by atoms with Gasteiger partial charge in [-0.2, -0.15) is 0 Å². The molecule has 1 aromatic rings. The molecule has 0 radical (unpaired) electrons. The molecule has 1 aliphatic rings. The number of carbonyl (C=O) groups is 2. The number of hydrogen-bond acceptors (Lipinski definition) is 3. The topological polar surface area (TPSA) is 71.4 Å². The molecule has 0 fully saturated rings. The maximum Gasteiger partial charge on any atom is 0.171 e. The maximum atomic E-state index is 11.5. The fourth-order valence-electron chi connectivity index (χ4n) is 1.74. The van der Waals surface area contributed by atoms with Crippen LogP contribution in [0.5, 0.6) is 0 Å². The van der Waals surface area contributed by atoms with E-state index >= 15 is 0 Å². The fourth-order valence-corrected chi connectivity index (χ4v) is 2.25. The summed E-state index contributed by atoms with van der Waals surface area (Å²) in [7, 11) is 0. The van der Waals surface area contributed by atoms with Crippen molar-refractivity contribution >= 4 is 22.6 Å². The van der Waals surface area contributed by atoms with E-state index < -0.39 is 11.1 Å². The molecule has 0 aromatic heterocycles. The lowest BCUT2D eigenvalue weighted by molar-refractivity contribution is 0.0923. The van der Waals surface area contributed by atoms with Crippen molar-refractivity contribution in [1.82, 2.24) is 0 Å². The molecule has 4 nitrogen and oxygen atoms in total. The van der Waals surface area contributed by atoms with Gasteiger partial charge < -0.3 is 4.55 Å². The van der Waals surface area contributed by atoms with Crippen LogP contribution in [0.4, 0.5) is 0 Å². The Morgan fingerprint density at radius 3 is 2.67 bits per heavy atom. The van der Waals surface area contributed by atoms with E-state index in [0.717, 1.165) is 0 Å². The third-order valence-electron chi connectivity index (χ3n) is 2.33. The van der Waals surface area contributed by atoms with Gasteiger partial charge in [0.2, 0.25) is 0 Å². The van der Waals surface area contributed by atoms with Gasteiger partial charge in [0.25, 0.3) is 0 Å². The molecule has 0 aliphatic heterocycles. The summed E-state index contributed by atoms with van der Waals surface area (Å²) >= 11 is -2.00. The lowest BCUT2D eigenvalue weighted by Crippen LogP contribution is -2.02. The Morgan fingerprint density at radius 2 is 2.00 bits per heavy atom. The number of Topliss-reactive ketones (excluding diaryl/α,β-unsaturated/α-hetero) is 2. The molecular weight excluding hydrogens is 216 g/mol. The van der Waals surface area contributed by atoms with Crippen LogP contribution in [0.15, 0.2) is 18.2 Å². The van der Waals surface area contributed by atoms with Crippen molar-refractivity contribution in [2.75, 3.05) is 0 Å². The number of fused-ring (bicyclic) bond motifs is 1. The zero-order valence-electron chi connectivity index (χ0n) is 7.73. The van der Waals surface area contributed by atoms with Gasteiger partial charge in [-0.05, 0) is 5.56 Å². The Labute approximate surface area is 88.6 Å². The molecule has 0 saturated heterocycles. The van der Waals surface area contributed by atoms with Crippen molar-refractivity contribution in [3.63, 3.8) is 0 Å². The van der Waals surface area contributed by atoms with Crippen LogP contribution in [0, 0.1) is 0 Å². The lowest BCUT2D eigenvalue weighted by atomic mass is 10.0. The van der Waals surface area contributed by atoms with Gasteiger partial charge in [0.1, 0.15) is 0 Å². The molecule has 5 heteroatoms. The summed E-state index contributed by atoms with van der Waals surface area (Å²) in [5.41, 5.74) is 1.18. The maximum absolute atomic E-state index is 11.5. The quantitative estimate of drug-likeness (QED) is 0.604. The van der Waals surface area contributed by atoms with Crippen molar-refractivity contribution in [3.05, 3.63) is 34.9 Å². The van der Waals surface area contributed by atoms with Crippen LogP contribution in [0.3, 0.4) is 0 Å². The van der Waals surface area contributed by atoms with Crippen molar-refractivity contribution in [2.24, 2.45) is 0 Å². The highest BCUT2D eigenvalue weighted by Crippen LogP contribution is 2.25. The monoisotopic (exact) mass is 224 g/mol. The van der Waals surface area contributed by atoms with Gasteiger partial charge in [0.05, 0.1) is 12.2 Å². The number of rotatable bonds is 2. The molecule has 0 spiro atoms. The van der Waals surface area contributed by atoms with E-state index in [1.807, 2.05) is 0 Å². The smallest absolute Gasteiger partial charge is 0.171 e. The highest BCUT2D eigenvalue weighted by atomic mass is 32.2. The van der Waals surface area contributed by atoms with E-state index in [1.54, 1.807) is 18.2 Å². The van der Waals surface area contributed by atoms with Gasteiger partial charge in [-0.25, -0.2) is 4.21 Å². The van der Waals surface area contributed by atoms with Gasteiger partial charge in [-0.15, -0.1) is 0 Å². The SMILES string of the molecule is O=C1CC(=O)c2c(CS(=O)O)cccc21. The molecule has 0 amide bonds. The van der Waals surface area contributed by atoms with Gasteiger partial charge >= 0.3 is 0 Å². The standard InChI is InChI=1S/C10H8O4S/c11-8-4-9(12)10-6(5-15(13)14)2-1-3-7(8)10/h1-3H,4-5H2,(H,13,14). The van der Waals surface area contributed by atoms with E-state index in [-0.39, 0.29) is 23.7 Å². The van der Waals surface area contributed by atoms with Gasteiger partial charge in [-0.1, -0.05) is 18.2 Å². The Hall–Kier alpha value is -1.33. The lowest BCUT2D eigenvalue weighted by Gasteiger charge is -2.03. The molecule has 1 aromatic carbocycles. The van der Waals surface area contributed by atoms with Gasteiger partial charge in [-0.3, -0.25) is 9.59 Å². The van der Waals surface area contributed by atoms with Crippen molar-refractivity contribution in [1.29, 1.82) is 0 Å². The van der Waals surface area contributed by atoms with Crippen LogP contribution < -0.4 is 0 Å². The zero-order valence-corrected chi connectivity index (χ0v) is 8.54. The minimum absolute atomic E-state index is 0.109. The average molecular weight is 224 g/mol. The summed E-state index contributed by atoms with van der Waals surface area (Å²) in [6.07, 6.45) is -0.121. The molecule has 1 N–H and O–H groups in total. The first kappa shape index (κ1) is 10.2. The molecular formula is C10H8O4S. The minimum Gasteiger partial charge on any atom is -0.306 e. The van der Waals surface area contributed by atoms with Crippen LogP contribution in [-0.2, 0) is 16.8 Å². The van der Waals surface area contributed by atoms with Crippen LogP contribution in [0.1, 0.15) is 32.7 Å². The minimum atomic E-state index is -2.00. The summed E-state index contributed by atoms with van der Waals surface area (Å²) in [6.45, 7) is 0. The average Bonchev–Trinajstić information content (AvgIpc) is 2.43.